The summed E-state index contributed by atoms with van der Waals surface area (Å²) < 4.78 is 33.1. The van der Waals surface area contributed by atoms with E-state index in [1.807, 2.05) is 45.9 Å². The van der Waals surface area contributed by atoms with Gasteiger partial charge in [0.15, 0.2) is 11.6 Å². The summed E-state index contributed by atoms with van der Waals surface area (Å²) in [5.41, 5.74) is 1.52. The fourth-order valence-corrected chi connectivity index (χ4v) is 6.25. The fourth-order valence-electron chi connectivity index (χ4n) is 5.84. The number of piperidine rings is 1. The van der Waals surface area contributed by atoms with Gasteiger partial charge < -0.3 is 23.8 Å². The molecule has 1 saturated heterocycles. The second-order valence-corrected chi connectivity index (χ2v) is 13.4. The monoisotopic (exact) mass is 666 g/mol. The van der Waals surface area contributed by atoms with E-state index in [1.165, 1.54) is 30.3 Å². The highest BCUT2D eigenvalue weighted by atomic mass is 35.5. The number of likely N-dealkylation sites (tertiary alicyclic amines) is 1. The molecule has 9 nitrogen and oxygen atoms in total. The summed E-state index contributed by atoms with van der Waals surface area (Å²) in [5.74, 6) is 0.407. The first-order chi connectivity index (χ1) is 21.8. The van der Waals surface area contributed by atoms with Crippen molar-refractivity contribution in [2.24, 2.45) is 5.92 Å². The molecule has 1 unspecified atom stereocenters. The Balaban J connectivity index is 1.26. The molecule has 2 heterocycles. The van der Waals surface area contributed by atoms with Crippen molar-refractivity contribution in [3.8, 4) is 34.8 Å². The predicted molar refractivity (Wildman–Crippen MR) is 168 cm³/mol. The van der Waals surface area contributed by atoms with Gasteiger partial charge in [-0.1, -0.05) is 29.3 Å². The number of nitrogens with zero attached hydrogens (tertiary/aromatic N) is 4. The zero-order valence-electron chi connectivity index (χ0n) is 25.9. The van der Waals surface area contributed by atoms with Crippen molar-refractivity contribution in [1.29, 1.82) is 5.26 Å². The van der Waals surface area contributed by atoms with Crippen LogP contribution in [0.2, 0.25) is 10.0 Å². The predicted octanol–water partition coefficient (Wildman–Crippen LogP) is 7.49. The first kappa shape index (κ1) is 33.2. The molecule has 0 saturated carbocycles. The maximum atomic E-state index is 15.5. The molecule has 1 aliphatic rings. The number of aryl methyl sites for hydroxylation is 1. The first-order valence-corrected chi connectivity index (χ1v) is 15.6. The van der Waals surface area contributed by atoms with E-state index in [4.69, 9.17) is 37.1 Å². The number of nitriles is 1. The quantitative estimate of drug-likeness (QED) is 0.177. The highest BCUT2D eigenvalue weighted by Crippen LogP contribution is 2.37. The number of hydrogen-bond acceptors (Lipinski definition) is 8. The maximum absolute atomic E-state index is 15.5. The molecule has 46 heavy (non-hydrogen) atoms. The number of rotatable bonds is 8. The molecule has 0 N–H and O–H groups in total. The second-order valence-electron chi connectivity index (χ2n) is 12.5. The van der Waals surface area contributed by atoms with Crippen LogP contribution in [0, 0.1) is 30.0 Å². The number of quaternary nitrogens is 1. The van der Waals surface area contributed by atoms with E-state index < -0.39 is 17.4 Å². The lowest BCUT2D eigenvalue weighted by molar-refractivity contribution is -0.927. The average molecular weight is 668 g/mol. The van der Waals surface area contributed by atoms with E-state index in [0.717, 1.165) is 18.4 Å². The van der Waals surface area contributed by atoms with Crippen LogP contribution >= 0.6 is 23.2 Å². The Morgan fingerprint density at radius 3 is 2.63 bits per heavy atom. The largest absolute Gasteiger partial charge is 0.498 e. The Morgan fingerprint density at radius 1 is 1.15 bits per heavy atom. The van der Waals surface area contributed by atoms with Crippen molar-refractivity contribution < 1.29 is 32.7 Å². The third kappa shape index (κ3) is 6.97. The molecular formula is C34H33Cl2FN4O5. The van der Waals surface area contributed by atoms with E-state index in [9.17, 15) is 15.2 Å². The molecule has 1 amide bonds. The minimum Gasteiger partial charge on any atom is -0.498 e. The summed E-state index contributed by atoms with van der Waals surface area (Å²) in [6.45, 7) is 9.09. The van der Waals surface area contributed by atoms with Crippen molar-refractivity contribution in [2.75, 3.05) is 19.7 Å². The van der Waals surface area contributed by atoms with E-state index in [-0.39, 0.29) is 61.3 Å². The third-order valence-corrected chi connectivity index (χ3v) is 8.94. The number of carboxylic acid groups (broad SMARTS) is 1. The molecule has 0 radical (unpaired) electrons. The van der Waals surface area contributed by atoms with Gasteiger partial charge in [0.05, 0.1) is 48.3 Å². The minimum absolute atomic E-state index is 0.0204. The molecule has 4 aromatic rings. The normalized spacial score (nSPS) is 18.2. The molecule has 1 aliphatic heterocycles. The second kappa shape index (κ2) is 13.3. The summed E-state index contributed by atoms with van der Waals surface area (Å²) >= 11 is 12.3. The highest BCUT2D eigenvalue weighted by molar-refractivity contribution is 6.32. The van der Waals surface area contributed by atoms with Gasteiger partial charge in [0.2, 0.25) is 11.8 Å². The van der Waals surface area contributed by atoms with Gasteiger partial charge in [0.25, 0.3) is 6.09 Å². The first-order valence-electron chi connectivity index (χ1n) is 14.8. The summed E-state index contributed by atoms with van der Waals surface area (Å²) in [7, 11) is 0. The molecular weight excluding hydrogens is 634 g/mol. The summed E-state index contributed by atoms with van der Waals surface area (Å²) in [6.07, 6.45) is 0.607. The van der Waals surface area contributed by atoms with Crippen molar-refractivity contribution in [2.45, 2.75) is 52.5 Å². The van der Waals surface area contributed by atoms with Crippen LogP contribution in [0.25, 0.3) is 11.5 Å². The van der Waals surface area contributed by atoms with Gasteiger partial charge in [-0.05, 0) is 88.6 Å². The summed E-state index contributed by atoms with van der Waals surface area (Å²) in [4.78, 5) is 12.2. The van der Waals surface area contributed by atoms with E-state index in [0.29, 0.717) is 31.0 Å². The van der Waals surface area contributed by atoms with E-state index in [2.05, 4.69) is 10.2 Å². The number of carbonyl (C=O) groups excluding carboxylic acids is 1. The number of aromatic nitrogens is 2. The van der Waals surface area contributed by atoms with Crippen molar-refractivity contribution >= 4 is 29.3 Å². The summed E-state index contributed by atoms with van der Waals surface area (Å²) in [5, 5.41) is 29.9. The van der Waals surface area contributed by atoms with E-state index >= 15 is 4.39 Å². The molecule has 0 bridgehead atoms. The van der Waals surface area contributed by atoms with E-state index in [1.54, 1.807) is 6.07 Å². The van der Waals surface area contributed by atoms with Crippen molar-refractivity contribution in [3.63, 3.8) is 0 Å². The molecule has 3 aromatic carbocycles. The molecule has 2 atom stereocenters. The average Bonchev–Trinajstić information content (AvgIpc) is 3.47. The smallest absolute Gasteiger partial charge is 0.257 e. The molecule has 1 aromatic heterocycles. The zero-order chi connectivity index (χ0) is 33.2. The van der Waals surface area contributed by atoms with Gasteiger partial charge in [0, 0.05) is 22.1 Å². The SMILES string of the molecule is Cc1cc(OC[C@@H]2CCC[N+](C(=O)[O-])(C(C)(C)C)C2)ccc1-c1nnc(Cc2ccc(Cl)c(Oc3cc(Cl)cc(C#N)c3)c2F)o1. The Hall–Kier alpha value is -4.17. The molecule has 5 rings (SSSR count). The van der Waals surface area contributed by atoms with Gasteiger partial charge in [-0.25, -0.2) is 4.39 Å². The minimum atomic E-state index is -1.04. The molecule has 1 fully saturated rings. The van der Waals surface area contributed by atoms with Crippen LogP contribution in [-0.4, -0.2) is 46.0 Å². The van der Waals surface area contributed by atoms with Crippen molar-refractivity contribution in [1.82, 2.24) is 10.2 Å². The van der Waals surface area contributed by atoms with Gasteiger partial charge in [-0.3, -0.25) is 4.48 Å². The lowest BCUT2D eigenvalue weighted by Gasteiger charge is -2.51. The summed E-state index contributed by atoms with van der Waals surface area (Å²) in [6, 6.07) is 14.8. The lowest BCUT2D eigenvalue weighted by atomic mass is 9.90. The van der Waals surface area contributed by atoms with Crippen molar-refractivity contribution in [3.05, 3.63) is 87.0 Å². The molecule has 240 valence electrons. The Morgan fingerprint density at radius 2 is 1.93 bits per heavy atom. The lowest BCUT2D eigenvalue weighted by Crippen LogP contribution is -2.71. The number of hydrogen-bond donors (Lipinski definition) is 0. The Labute approximate surface area is 276 Å². The van der Waals surface area contributed by atoms with Crippen LogP contribution < -0.4 is 14.6 Å². The Kier molecular flexibility index (Phi) is 9.59. The number of amides is 1. The fraction of sp³-hybridized carbons (Fsp3) is 0.353. The van der Waals surface area contributed by atoms with Gasteiger partial charge >= 0.3 is 0 Å². The van der Waals surface area contributed by atoms with Crippen LogP contribution in [0.3, 0.4) is 0 Å². The molecule has 0 aliphatic carbocycles. The van der Waals surface area contributed by atoms with Gasteiger partial charge in [0.1, 0.15) is 11.5 Å². The maximum Gasteiger partial charge on any atom is 0.257 e. The number of halogens is 3. The third-order valence-electron chi connectivity index (χ3n) is 8.43. The van der Waals surface area contributed by atoms with Crippen LogP contribution in [0.15, 0.2) is 52.9 Å². The molecule has 0 spiro atoms. The number of benzene rings is 3. The highest BCUT2D eigenvalue weighted by Gasteiger charge is 2.46. The standard InChI is InChI=1S/C34H33Cl2FN4O5/c1-20-12-25(44-19-21-6-5-11-41(18-21,33(42)43)34(2,3)4)8-9-27(20)32-40-39-29(46-32)15-23-7-10-28(36)31(30(23)37)45-26-14-22(17-38)13-24(35)16-26/h7-10,12-14,16,21H,5-6,11,15,18-19H2,1-4H3/t21-,41?/m1/s1. The van der Waals surface area contributed by atoms with Gasteiger partial charge in [-0.15, -0.1) is 10.2 Å². The Bertz CT molecular complexity index is 1820. The molecule has 12 heteroatoms. The van der Waals surface area contributed by atoms with Crippen LogP contribution in [-0.2, 0) is 6.42 Å². The van der Waals surface area contributed by atoms with Crippen LogP contribution in [0.4, 0.5) is 9.18 Å². The van der Waals surface area contributed by atoms with Gasteiger partial charge in [-0.2, -0.15) is 5.26 Å². The number of carbonyl (C=O) groups is 1. The number of ether oxygens (including phenoxy) is 2. The topological polar surface area (TPSA) is 121 Å². The van der Waals surface area contributed by atoms with Crippen LogP contribution in [0.1, 0.15) is 56.2 Å². The van der Waals surface area contributed by atoms with Crippen LogP contribution in [0.5, 0.6) is 17.2 Å². The zero-order valence-corrected chi connectivity index (χ0v) is 27.4.